The van der Waals surface area contributed by atoms with E-state index in [1.165, 1.54) is 0 Å². The monoisotopic (exact) mass is 542 g/mol. The van der Waals surface area contributed by atoms with Gasteiger partial charge in [-0.15, -0.1) is 0 Å². The van der Waals surface area contributed by atoms with Crippen molar-refractivity contribution in [2.45, 2.75) is 57.2 Å². The van der Waals surface area contributed by atoms with Crippen molar-refractivity contribution >= 4 is 46.6 Å². The molecule has 1 atom stereocenters. The summed E-state index contributed by atoms with van der Waals surface area (Å²) in [6.45, 7) is 0.192. The van der Waals surface area contributed by atoms with Gasteiger partial charge in [-0.25, -0.2) is 0 Å². The number of carbonyl (C=O) groups excluding carboxylic acids is 2. The Morgan fingerprint density at radius 2 is 1.53 bits per heavy atom. The summed E-state index contributed by atoms with van der Waals surface area (Å²) in [6, 6.07) is 21.6. The zero-order valence-corrected chi connectivity index (χ0v) is 22.2. The Kier molecular flexibility index (Phi) is 9.30. The third-order valence-electron chi connectivity index (χ3n) is 6.60. The Hall–Kier alpha value is -2.53. The molecule has 3 aromatic carbocycles. The Balaban J connectivity index is 1.67. The Labute approximate surface area is 227 Å². The molecule has 0 heterocycles. The molecule has 36 heavy (non-hydrogen) atoms. The van der Waals surface area contributed by atoms with Crippen molar-refractivity contribution in [3.05, 3.63) is 105 Å². The van der Waals surface area contributed by atoms with E-state index in [1.807, 2.05) is 48.5 Å². The smallest absolute Gasteiger partial charge is 0.243 e. The highest BCUT2D eigenvalue weighted by Gasteiger charge is 2.32. The van der Waals surface area contributed by atoms with Crippen LogP contribution < -0.4 is 5.32 Å². The second kappa shape index (κ2) is 12.6. The van der Waals surface area contributed by atoms with Gasteiger partial charge in [0.25, 0.3) is 0 Å². The summed E-state index contributed by atoms with van der Waals surface area (Å²) in [7, 11) is 0. The standard InChI is InChI=1S/C29H29Cl3N2O2/c30-23-13-10-21(11-14-23)17-28(35)34(19-22-12-15-24(31)18-26(22)32)27(16-20-6-2-1-3-7-20)29(36)33-25-8-4-5-9-25/h1-3,6-7,10-15,18,25,27H,4-5,8-9,16-17,19H2,(H,33,36). The average molecular weight is 544 g/mol. The molecule has 1 fully saturated rings. The molecule has 1 N–H and O–H groups in total. The lowest BCUT2D eigenvalue weighted by molar-refractivity contribution is -0.141. The molecule has 0 aliphatic heterocycles. The van der Waals surface area contributed by atoms with Crippen molar-refractivity contribution < 1.29 is 9.59 Å². The van der Waals surface area contributed by atoms with E-state index in [0.717, 1.165) is 42.4 Å². The number of hydrogen-bond donors (Lipinski definition) is 1. The summed E-state index contributed by atoms with van der Waals surface area (Å²) in [5.41, 5.74) is 2.54. The van der Waals surface area contributed by atoms with E-state index in [1.54, 1.807) is 29.2 Å². The number of amides is 2. The minimum atomic E-state index is -0.695. The molecule has 4 nitrogen and oxygen atoms in total. The van der Waals surface area contributed by atoms with E-state index in [4.69, 9.17) is 34.8 Å². The molecule has 0 spiro atoms. The predicted molar refractivity (Wildman–Crippen MR) is 147 cm³/mol. The van der Waals surface area contributed by atoms with E-state index in [0.29, 0.717) is 21.5 Å². The zero-order valence-electron chi connectivity index (χ0n) is 19.9. The van der Waals surface area contributed by atoms with Crippen molar-refractivity contribution in [3.8, 4) is 0 Å². The number of nitrogens with one attached hydrogen (secondary N) is 1. The molecule has 2 amide bonds. The molecule has 0 radical (unpaired) electrons. The second-order valence-corrected chi connectivity index (χ2v) is 10.5. The van der Waals surface area contributed by atoms with Crippen LogP contribution in [-0.2, 0) is 29.0 Å². The van der Waals surface area contributed by atoms with Gasteiger partial charge in [0.05, 0.1) is 6.42 Å². The summed E-state index contributed by atoms with van der Waals surface area (Å²) in [6.07, 6.45) is 4.68. The minimum Gasteiger partial charge on any atom is -0.352 e. The predicted octanol–water partition coefficient (Wildman–Crippen LogP) is 6.89. The van der Waals surface area contributed by atoms with Crippen LogP contribution in [0.3, 0.4) is 0 Å². The van der Waals surface area contributed by atoms with Crippen molar-refractivity contribution in [1.29, 1.82) is 0 Å². The van der Waals surface area contributed by atoms with E-state index in [9.17, 15) is 9.59 Å². The van der Waals surface area contributed by atoms with Crippen LogP contribution in [0.2, 0.25) is 15.1 Å². The van der Waals surface area contributed by atoms with Crippen LogP contribution in [0.4, 0.5) is 0 Å². The fourth-order valence-electron chi connectivity index (χ4n) is 4.63. The molecule has 0 bridgehead atoms. The molecule has 188 valence electrons. The first-order chi connectivity index (χ1) is 17.4. The maximum Gasteiger partial charge on any atom is 0.243 e. The van der Waals surface area contributed by atoms with Crippen LogP contribution in [-0.4, -0.2) is 28.8 Å². The molecule has 1 aliphatic rings. The minimum absolute atomic E-state index is 0.139. The normalized spacial score (nSPS) is 14.4. The third-order valence-corrected chi connectivity index (χ3v) is 7.44. The van der Waals surface area contributed by atoms with Gasteiger partial charge < -0.3 is 10.2 Å². The molecule has 4 rings (SSSR count). The molecular weight excluding hydrogens is 515 g/mol. The largest absolute Gasteiger partial charge is 0.352 e. The zero-order chi connectivity index (χ0) is 25.5. The summed E-state index contributed by atoms with van der Waals surface area (Å²) in [5, 5.41) is 4.79. The van der Waals surface area contributed by atoms with Gasteiger partial charge in [0, 0.05) is 34.1 Å². The Morgan fingerprint density at radius 3 is 2.19 bits per heavy atom. The van der Waals surface area contributed by atoms with Gasteiger partial charge in [-0.2, -0.15) is 0 Å². The molecule has 3 aromatic rings. The molecule has 1 aliphatic carbocycles. The first kappa shape index (κ1) is 26.5. The topological polar surface area (TPSA) is 49.4 Å². The van der Waals surface area contributed by atoms with Crippen LogP contribution in [0.25, 0.3) is 0 Å². The first-order valence-electron chi connectivity index (χ1n) is 12.2. The SMILES string of the molecule is O=C(NC1CCCC1)C(Cc1ccccc1)N(Cc1ccc(Cl)cc1Cl)C(=O)Cc1ccc(Cl)cc1. The van der Waals surface area contributed by atoms with Gasteiger partial charge in [-0.3, -0.25) is 9.59 Å². The van der Waals surface area contributed by atoms with Crippen LogP contribution in [0, 0.1) is 0 Å². The first-order valence-corrected chi connectivity index (χ1v) is 13.3. The van der Waals surface area contributed by atoms with E-state index < -0.39 is 6.04 Å². The highest BCUT2D eigenvalue weighted by molar-refractivity contribution is 6.35. The Bertz CT molecular complexity index is 1180. The van der Waals surface area contributed by atoms with Gasteiger partial charge in [-0.05, 0) is 53.8 Å². The van der Waals surface area contributed by atoms with Crippen LogP contribution in [0.1, 0.15) is 42.4 Å². The molecule has 1 unspecified atom stereocenters. The third kappa shape index (κ3) is 7.25. The van der Waals surface area contributed by atoms with E-state index >= 15 is 0 Å². The van der Waals surface area contributed by atoms with Gasteiger partial charge in [-0.1, -0.05) is 96.2 Å². The van der Waals surface area contributed by atoms with Crippen LogP contribution in [0.15, 0.2) is 72.8 Å². The summed E-state index contributed by atoms with van der Waals surface area (Å²) in [5.74, 6) is -0.300. The van der Waals surface area contributed by atoms with Crippen molar-refractivity contribution in [2.24, 2.45) is 0 Å². The van der Waals surface area contributed by atoms with E-state index in [-0.39, 0.29) is 30.8 Å². The molecular formula is C29H29Cl3N2O2. The van der Waals surface area contributed by atoms with Crippen molar-refractivity contribution in [1.82, 2.24) is 10.2 Å². The molecule has 0 saturated heterocycles. The second-order valence-electron chi connectivity index (χ2n) is 9.26. The maximum atomic E-state index is 13.8. The highest BCUT2D eigenvalue weighted by Crippen LogP contribution is 2.25. The lowest BCUT2D eigenvalue weighted by atomic mass is 10.0. The van der Waals surface area contributed by atoms with Gasteiger partial charge in [0.15, 0.2) is 0 Å². The fourth-order valence-corrected chi connectivity index (χ4v) is 5.23. The van der Waals surface area contributed by atoms with E-state index in [2.05, 4.69) is 5.32 Å². The number of nitrogens with zero attached hydrogens (tertiary/aromatic N) is 1. The molecule has 1 saturated carbocycles. The highest BCUT2D eigenvalue weighted by atomic mass is 35.5. The number of hydrogen-bond acceptors (Lipinski definition) is 2. The quantitative estimate of drug-likeness (QED) is 0.319. The Morgan fingerprint density at radius 1 is 0.861 bits per heavy atom. The van der Waals surface area contributed by atoms with Gasteiger partial charge >= 0.3 is 0 Å². The van der Waals surface area contributed by atoms with Crippen molar-refractivity contribution in [2.75, 3.05) is 0 Å². The van der Waals surface area contributed by atoms with Crippen LogP contribution in [0.5, 0.6) is 0 Å². The van der Waals surface area contributed by atoms with Crippen molar-refractivity contribution in [3.63, 3.8) is 0 Å². The lowest BCUT2D eigenvalue weighted by Crippen LogP contribution is -2.52. The van der Waals surface area contributed by atoms with Gasteiger partial charge in [0.1, 0.15) is 6.04 Å². The number of benzene rings is 3. The number of halogens is 3. The number of carbonyl (C=O) groups is 2. The summed E-state index contributed by atoms with van der Waals surface area (Å²) >= 11 is 18.6. The van der Waals surface area contributed by atoms with Gasteiger partial charge in [0.2, 0.25) is 11.8 Å². The average Bonchev–Trinajstić information content (AvgIpc) is 3.37. The fraction of sp³-hybridized carbons (Fsp3) is 0.310. The lowest BCUT2D eigenvalue weighted by Gasteiger charge is -2.32. The molecule has 0 aromatic heterocycles. The maximum absolute atomic E-state index is 13.8. The molecule has 7 heteroatoms. The van der Waals surface area contributed by atoms with Crippen LogP contribution >= 0.6 is 34.8 Å². The number of rotatable bonds is 9. The summed E-state index contributed by atoms with van der Waals surface area (Å²) < 4.78 is 0. The summed E-state index contributed by atoms with van der Waals surface area (Å²) in [4.78, 5) is 29.2.